The van der Waals surface area contributed by atoms with E-state index < -0.39 is 11.7 Å². The average Bonchev–Trinajstić information content (AvgIpc) is 3.74. The van der Waals surface area contributed by atoms with Crippen LogP contribution in [0.5, 0.6) is 17.2 Å². The zero-order valence-electron chi connectivity index (χ0n) is 28.7. The van der Waals surface area contributed by atoms with Crippen molar-refractivity contribution >= 4 is 28.2 Å². The molecule has 1 aromatic heterocycles. The molecule has 0 amide bonds. The van der Waals surface area contributed by atoms with Crippen LogP contribution in [0, 0.1) is 0 Å². The third kappa shape index (κ3) is 10.0. The molecule has 5 rings (SSSR count). The predicted molar refractivity (Wildman–Crippen MR) is 191 cm³/mol. The fourth-order valence-corrected chi connectivity index (χ4v) is 6.54. The molecule has 2 fully saturated rings. The van der Waals surface area contributed by atoms with Crippen molar-refractivity contribution in [1.82, 2.24) is 19.4 Å². The molecule has 0 radical (unpaired) electrons. The SMILES string of the molecule is C=C/C(=C\C=C(/C)c1nc2c(OCCN3CCCCC3)cc(OCCN3CCCC3)cc2n1CCCC)Oc1ccc(Cl)c(C(F)(F)F)c1. The molecule has 0 unspecified atom stereocenters. The number of halogens is 4. The second-order valence-electron chi connectivity index (χ2n) is 12.7. The smallest absolute Gasteiger partial charge is 0.417 e. The van der Waals surface area contributed by atoms with Gasteiger partial charge in [-0.2, -0.15) is 13.2 Å². The van der Waals surface area contributed by atoms with Crippen molar-refractivity contribution in [1.29, 1.82) is 0 Å². The van der Waals surface area contributed by atoms with E-state index in [0.717, 1.165) is 92.9 Å². The quantitative estimate of drug-likeness (QED) is 0.110. The first kappa shape index (κ1) is 36.8. The van der Waals surface area contributed by atoms with Gasteiger partial charge in [-0.25, -0.2) is 4.98 Å². The van der Waals surface area contributed by atoms with E-state index in [4.69, 9.17) is 30.8 Å². The average molecular weight is 701 g/mol. The van der Waals surface area contributed by atoms with Crippen molar-refractivity contribution in [2.45, 2.75) is 71.5 Å². The maximum atomic E-state index is 13.4. The van der Waals surface area contributed by atoms with Crippen molar-refractivity contribution < 1.29 is 27.4 Å². The molecule has 266 valence electrons. The second kappa shape index (κ2) is 17.5. The Bertz CT molecular complexity index is 1620. The minimum absolute atomic E-state index is 0.00715. The molecule has 3 heterocycles. The van der Waals surface area contributed by atoms with Crippen LogP contribution in [0.25, 0.3) is 16.6 Å². The van der Waals surface area contributed by atoms with Gasteiger partial charge in [0.1, 0.15) is 41.8 Å². The summed E-state index contributed by atoms with van der Waals surface area (Å²) in [6, 6.07) is 7.48. The molecular formula is C38H48ClF3N4O3. The number of allylic oxidation sites excluding steroid dienone is 4. The Balaban J connectivity index is 1.44. The summed E-state index contributed by atoms with van der Waals surface area (Å²) in [6.45, 7) is 16.0. The van der Waals surface area contributed by atoms with E-state index in [9.17, 15) is 13.2 Å². The van der Waals surface area contributed by atoms with Gasteiger partial charge in [0, 0.05) is 31.8 Å². The zero-order valence-corrected chi connectivity index (χ0v) is 29.4. The first-order chi connectivity index (χ1) is 23.7. The van der Waals surface area contributed by atoms with Crippen LogP contribution in [-0.2, 0) is 12.7 Å². The van der Waals surface area contributed by atoms with Gasteiger partial charge in [0.25, 0.3) is 0 Å². The van der Waals surface area contributed by atoms with Gasteiger partial charge in [-0.1, -0.05) is 44.0 Å². The third-order valence-corrected chi connectivity index (χ3v) is 9.38. The lowest BCUT2D eigenvalue weighted by Crippen LogP contribution is -2.33. The highest BCUT2D eigenvalue weighted by atomic mass is 35.5. The van der Waals surface area contributed by atoms with Gasteiger partial charge in [-0.15, -0.1) is 0 Å². The summed E-state index contributed by atoms with van der Waals surface area (Å²) in [7, 11) is 0. The van der Waals surface area contributed by atoms with Crippen molar-refractivity contribution in [2.24, 2.45) is 0 Å². The molecule has 0 spiro atoms. The molecule has 0 atom stereocenters. The minimum Gasteiger partial charge on any atom is -0.492 e. The number of hydrogen-bond donors (Lipinski definition) is 0. The molecule has 0 saturated carbocycles. The number of nitrogens with zero attached hydrogens (tertiary/aromatic N) is 4. The van der Waals surface area contributed by atoms with Crippen LogP contribution in [0.4, 0.5) is 13.2 Å². The van der Waals surface area contributed by atoms with Crippen molar-refractivity contribution in [2.75, 3.05) is 52.5 Å². The molecule has 11 heteroatoms. The molecule has 0 bridgehead atoms. The molecule has 2 saturated heterocycles. The second-order valence-corrected chi connectivity index (χ2v) is 13.1. The topological polar surface area (TPSA) is 52.0 Å². The van der Waals surface area contributed by atoms with Crippen LogP contribution in [0.3, 0.4) is 0 Å². The number of ether oxygens (including phenoxy) is 3. The van der Waals surface area contributed by atoms with Gasteiger partial charge in [0.15, 0.2) is 5.75 Å². The van der Waals surface area contributed by atoms with Crippen LogP contribution in [0.2, 0.25) is 5.02 Å². The van der Waals surface area contributed by atoms with E-state index in [1.54, 1.807) is 6.08 Å². The number of unbranched alkanes of at least 4 members (excludes halogenated alkanes) is 1. The maximum Gasteiger partial charge on any atom is 0.417 e. The van der Waals surface area contributed by atoms with Crippen LogP contribution in [0.1, 0.15) is 70.2 Å². The van der Waals surface area contributed by atoms with E-state index in [2.05, 4.69) is 33.9 Å². The molecule has 7 nitrogen and oxygen atoms in total. The molecule has 0 aliphatic carbocycles. The summed E-state index contributed by atoms with van der Waals surface area (Å²) in [6.07, 6.45) is 8.53. The first-order valence-electron chi connectivity index (χ1n) is 17.5. The summed E-state index contributed by atoms with van der Waals surface area (Å²) in [5.41, 5.74) is 1.60. The highest BCUT2D eigenvalue weighted by Gasteiger charge is 2.33. The van der Waals surface area contributed by atoms with E-state index in [-0.39, 0.29) is 16.5 Å². The Labute approximate surface area is 293 Å². The molecule has 0 N–H and O–H groups in total. The summed E-state index contributed by atoms with van der Waals surface area (Å²) < 4.78 is 61.0. The number of benzene rings is 2. The lowest BCUT2D eigenvalue weighted by Gasteiger charge is -2.26. The summed E-state index contributed by atoms with van der Waals surface area (Å²) in [4.78, 5) is 10.00. The minimum atomic E-state index is -4.60. The van der Waals surface area contributed by atoms with Gasteiger partial charge < -0.3 is 18.8 Å². The fraction of sp³-hybridized carbons (Fsp3) is 0.500. The number of hydrogen-bond acceptors (Lipinski definition) is 6. The van der Waals surface area contributed by atoms with Gasteiger partial charge >= 0.3 is 6.18 Å². The lowest BCUT2D eigenvalue weighted by atomic mass is 10.1. The molecule has 2 aromatic carbocycles. The van der Waals surface area contributed by atoms with Gasteiger partial charge in [-0.3, -0.25) is 9.80 Å². The van der Waals surface area contributed by atoms with Crippen molar-refractivity contribution in [3.05, 3.63) is 77.3 Å². The van der Waals surface area contributed by atoms with Crippen LogP contribution < -0.4 is 14.2 Å². The Morgan fingerprint density at radius 3 is 2.22 bits per heavy atom. The highest BCUT2D eigenvalue weighted by Crippen LogP contribution is 2.37. The van der Waals surface area contributed by atoms with E-state index >= 15 is 0 Å². The Morgan fingerprint density at radius 1 is 0.898 bits per heavy atom. The summed E-state index contributed by atoms with van der Waals surface area (Å²) in [5, 5.41) is -0.388. The normalized spacial score (nSPS) is 16.8. The van der Waals surface area contributed by atoms with Gasteiger partial charge in [0.05, 0.1) is 16.1 Å². The first-order valence-corrected chi connectivity index (χ1v) is 17.8. The summed E-state index contributed by atoms with van der Waals surface area (Å²) in [5.74, 6) is 2.51. The molecule has 2 aliphatic heterocycles. The zero-order chi connectivity index (χ0) is 34.8. The van der Waals surface area contributed by atoms with Crippen molar-refractivity contribution in [3.8, 4) is 17.2 Å². The highest BCUT2D eigenvalue weighted by molar-refractivity contribution is 6.31. The maximum absolute atomic E-state index is 13.4. The van der Waals surface area contributed by atoms with E-state index in [0.29, 0.717) is 19.0 Å². The number of likely N-dealkylation sites (tertiary alicyclic amines) is 2. The largest absolute Gasteiger partial charge is 0.492 e. The number of fused-ring (bicyclic) bond motifs is 1. The van der Waals surface area contributed by atoms with Gasteiger partial charge in [0.2, 0.25) is 0 Å². The standard InChI is InChI=1S/C38H48ClF3N4O3/c1-4-6-20-46-34-26-31(47-23-21-45-18-10-11-19-45)27-35(48-24-22-44-16-8-7-9-17-44)36(34)43-37(46)28(3)12-13-29(5-2)49-30-14-15-33(39)32(25-30)38(40,41)42/h5,12-15,25-27H,2,4,6-11,16-24H2,1,3H3/b28-12+,29-13+. The monoisotopic (exact) mass is 700 g/mol. The number of aryl methyl sites for hydroxylation is 1. The Hall–Kier alpha value is -3.47. The van der Waals surface area contributed by atoms with E-state index in [1.807, 2.05) is 19.1 Å². The predicted octanol–water partition coefficient (Wildman–Crippen LogP) is 9.40. The number of rotatable bonds is 16. The molecular weight excluding hydrogens is 653 g/mol. The molecule has 3 aromatic rings. The number of alkyl halides is 3. The van der Waals surface area contributed by atoms with Crippen molar-refractivity contribution in [3.63, 3.8) is 0 Å². The fourth-order valence-electron chi connectivity index (χ4n) is 6.32. The number of aromatic nitrogens is 2. The summed E-state index contributed by atoms with van der Waals surface area (Å²) >= 11 is 5.79. The van der Waals surface area contributed by atoms with Crippen LogP contribution in [-0.4, -0.2) is 71.8 Å². The molecule has 2 aliphatic rings. The van der Waals surface area contributed by atoms with Gasteiger partial charge in [-0.05, 0) is 101 Å². The number of imidazole rings is 1. The van der Waals surface area contributed by atoms with E-state index in [1.165, 1.54) is 50.3 Å². The number of piperidine rings is 1. The van der Waals surface area contributed by atoms with Crippen LogP contribution in [0.15, 0.2) is 60.9 Å². The van der Waals surface area contributed by atoms with Crippen LogP contribution >= 0.6 is 11.6 Å². The lowest BCUT2D eigenvalue weighted by molar-refractivity contribution is -0.137. The third-order valence-electron chi connectivity index (χ3n) is 9.05. The molecule has 49 heavy (non-hydrogen) atoms. The Morgan fingerprint density at radius 2 is 1.57 bits per heavy atom. The Kier molecular flexibility index (Phi) is 13.1.